The molecule has 1 aliphatic heterocycles. The maximum Gasteiger partial charge on any atom is 0.262 e. The molecule has 0 spiro atoms. The predicted molar refractivity (Wildman–Crippen MR) is 102 cm³/mol. The molecule has 5 heteroatoms. The van der Waals surface area contributed by atoms with Crippen LogP contribution in [-0.4, -0.2) is 18.4 Å². The van der Waals surface area contributed by atoms with E-state index in [0.29, 0.717) is 17.0 Å². The summed E-state index contributed by atoms with van der Waals surface area (Å²) in [6.07, 6.45) is 0. The molecule has 1 atom stereocenters. The first-order valence-corrected chi connectivity index (χ1v) is 8.72. The first kappa shape index (κ1) is 18.0. The lowest BCUT2D eigenvalue weighted by Crippen LogP contribution is -2.28. The Morgan fingerprint density at radius 2 is 1.85 bits per heavy atom. The standard InChI is InChI=1S/C21H24N2O3/c1-13(14-5-8-16(9-6-14)21(2,3)4)22-20(25)15-7-10-17-18(11-15)26-12-19(24)23-17/h5-11,13H,12H2,1-4H3,(H,22,25)(H,23,24). The van der Waals surface area contributed by atoms with Gasteiger partial charge in [0.15, 0.2) is 6.61 Å². The van der Waals surface area contributed by atoms with Crippen molar-refractivity contribution < 1.29 is 14.3 Å². The molecule has 0 aliphatic carbocycles. The van der Waals surface area contributed by atoms with E-state index in [-0.39, 0.29) is 29.9 Å². The Balaban J connectivity index is 1.70. The van der Waals surface area contributed by atoms with Crippen molar-refractivity contribution in [2.75, 3.05) is 11.9 Å². The van der Waals surface area contributed by atoms with E-state index >= 15 is 0 Å². The van der Waals surface area contributed by atoms with Crippen LogP contribution in [0.3, 0.4) is 0 Å². The number of rotatable bonds is 3. The molecule has 0 saturated carbocycles. The van der Waals surface area contributed by atoms with E-state index in [1.54, 1.807) is 18.2 Å². The molecular formula is C21H24N2O3. The van der Waals surface area contributed by atoms with Gasteiger partial charge in [0.1, 0.15) is 5.75 Å². The van der Waals surface area contributed by atoms with Gasteiger partial charge in [-0.1, -0.05) is 45.0 Å². The highest BCUT2D eigenvalue weighted by atomic mass is 16.5. The van der Waals surface area contributed by atoms with E-state index in [4.69, 9.17) is 4.74 Å². The number of nitrogens with one attached hydrogen (secondary N) is 2. The minimum absolute atomic E-state index is 0.0331. The minimum atomic E-state index is -0.193. The summed E-state index contributed by atoms with van der Waals surface area (Å²) in [6, 6.07) is 13.2. The van der Waals surface area contributed by atoms with Crippen molar-refractivity contribution in [1.29, 1.82) is 0 Å². The number of carbonyl (C=O) groups is 2. The Morgan fingerprint density at radius 3 is 2.50 bits per heavy atom. The number of hydrogen-bond donors (Lipinski definition) is 2. The molecule has 2 amide bonds. The van der Waals surface area contributed by atoms with Crippen LogP contribution in [0.5, 0.6) is 5.75 Å². The van der Waals surface area contributed by atoms with E-state index in [0.717, 1.165) is 5.56 Å². The zero-order valence-electron chi connectivity index (χ0n) is 15.6. The summed E-state index contributed by atoms with van der Waals surface area (Å²) in [5.74, 6) is 0.141. The highest BCUT2D eigenvalue weighted by Crippen LogP contribution is 2.29. The molecule has 1 heterocycles. The predicted octanol–water partition coefficient (Wildman–Crippen LogP) is 3.81. The van der Waals surface area contributed by atoms with Gasteiger partial charge >= 0.3 is 0 Å². The summed E-state index contributed by atoms with van der Waals surface area (Å²) in [7, 11) is 0. The molecule has 2 aromatic carbocycles. The Hall–Kier alpha value is -2.82. The molecule has 0 saturated heterocycles. The Bertz CT molecular complexity index is 835. The third kappa shape index (κ3) is 3.87. The van der Waals surface area contributed by atoms with E-state index in [2.05, 4.69) is 55.7 Å². The molecule has 5 nitrogen and oxygen atoms in total. The quantitative estimate of drug-likeness (QED) is 0.883. The molecule has 0 radical (unpaired) electrons. The molecule has 26 heavy (non-hydrogen) atoms. The Labute approximate surface area is 153 Å². The molecule has 2 N–H and O–H groups in total. The maximum absolute atomic E-state index is 12.6. The number of anilines is 1. The van der Waals surface area contributed by atoms with Crippen LogP contribution in [0.4, 0.5) is 5.69 Å². The van der Waals surface area contributed by atoms with Crippen LogP contribution in [0.15, 0.2) is 42.5 Å². The molecule has 0 fully saturated rings. The van der Waals surface area contributed by atoms with Crippen LogP contribution in [0.2, 0.25) is 0 Å². The van der Waals surface area contributed by atoms with Crippen molar-refractivity contribution in [2.45, 2.75) is 39.2 Å². The van der Waals surface area contributed by atoms with Gasteiger partial charge in [-0.2, -0.15) is 0 Å². The van der Waals surface area contributed by atoms with Crippen LogP contribution in [0.1, 0.15) is 55.2 Å². The maximum atomic E-state index is 12.6. The number of fused-ring (bicyclic) bond motifs is 1. The summed E-state index contributed by atoms with van der Waals surface area (Å²) in [6.45, 7) is 8.45. The summed E-state index contributed by atoms with van der Waals surface area (Å²) < 4.78 is 5.37. The highest BCUT2D eigenvalue weighted by molar-refractivity contribution is 5.99. The van der Waals surface area contributed by atoms with Crippen molar-refractivity contribution in [3.63, 3.8) is 0 Å². The van der Waals surface area contributed by atoms with Crippen molar-refractivity contribution in [3.05, 3.63) is 59.2 Å². The second-order valence-electron chi connectivity index (χ2n) is 7.61. The van der Waals surface area contributed by atoms with E-state index < -0.39 is 0 Å². The lowest BCUT2D eigenvalue weighted by molar-refractivity contribution is -0.118. The molecular weight excluding hydrogens is 328 g/mol. The minimum Gasteiger partial charge on any atom is -0.482 e. The lowest BCUT2D eigenvalue weighted by atomic mass is 9.86. The molecule has 0 bridgehead atoms. The molecule has 1 aliphatic rings. The van der Waals surface area contributed by atoms with Crippen LogP contribution < -0.4 is 15.4 Å². The molecule has 1 unspecified atom stereocenters. The van der Waals surface area contributed by atoms with Crippen molar-refractivity contribution >= 4 is 17.5 Å². The average Bonchev–Trinajstić information content (AvgIpc) is 2.60. The topological polar surface area (TPSA) is 67.4 Å². The third-order valence-corrected chi connectivity index (χ3v) is 4.50. The van der Waals surface area contributed by atoms with Gasteiger partial charge in [0.2, 0.25) is 0 Å². The van der Waals surface area contributed by atoms with Gasteiger partial charge in [-0.3, -0.25) is 9.59 Å². The summed E-state index contributed by atoms with van der Waals surface area (Å²) in [5.41, 5.74) is 3.49. The van der Waals surface area contributed by atoms with Crippen LogP contribution >= 0.6 is 0 Å². The van der Waals surface area contributed by atoms with Crippen LogP contribution in [-0.2, 0) is 10.2 Å². The van der Waals surface area contributed by atoms with Gasteiger partial charge in [0.05, 0.1) is 11.7 Å². The van der Waals surface area contributed by atoms with Crippen molar-refractivity contribution in [3.8, 4) is 5.75 Å². The van der Waals surface area contributed by atoms with E-state index in [1.807, 2.05) is 6.92 Å². The lowest BCUT2D eigenvalue weighted by Gasteiger charge is -2.21. The van der Waals surface area contributed by atoms with Gasteiger partial charge in [-0.05, 0) is 41.7 Å². The van der Waals surface area contributed by atoms with E-state index in [1.165, 1.54) is 5.56 Å². The van der Waals surface area contributed by atoms with Gasteiger partial charge < -0.3 is 15.4 Å². The fourth-order valence-electron chi connectivity index (χ4n) is 2.85. The SMILES string of the molecule is CC(NC(=O)c1ccc2c(c1)OCC(=O)N2)c1ccc(C(C)(C)C)cc1. The summed E-state index contributed by atoms with van der Waals surface area (Å²) >= 11 is 0. The molecule has 3 rings (SSSR count). The van der Waals surface area contributed by atoms with Gasteiger partial charge in [-0.25, -0.2) is 0 Å². The number of carbonyl (C=O) groups excluding carboxylic acids is 2. The fraction of sp³-hybridized carbons (Fsp3) is 0.333. The van der Waals surface area contributed by atoms with Crippen LogP contribution in [0, 0.1) is 0 Å². The second-order valence-corrected chi connectivity index (χ2v) is 7.61. The Morgan fingerprint density at radius 1 is 1.15 bits per heavy atom. The number of hydrogen-bond acceptors (Lipinski definition) is 3. The van der Waals surface area contributed by atoms with Crippen LogP contribution in [0.25, 0.3) is 0 Å². The second kappa shape index (κ2) is 6.83. The number of amides is 2. The summed E-state index contributed by atoms with van der Waals surface area (Å²) in [4.78, 5) is 23.9. The molecule has 0 aromatic heterocycles. The average molecular weight is 352 g/mol. The van der Waals surface area contributed by atoms with Crippen molar-refractivity contribution in [2.24, 2.45) is 0 Å². The van der Waals surface area contributed by atoms with E-state index in [9.17, 15) is 9.59 Å². The number of benzene rings is 2. The monoisotopic (exact) mass is 352 g/mol. The largest absolute Gasteiger partial charge is 0.482 e. The fourth-order valence-corrected chi connectivity index (χ4v) is 2.85. The normalized spacial score (nSPS) is 14.7. The zero-order valence-corrected chi connectivity index (χ0v) is 15.6. The van der Waals surface area contributed by atoms with Gasteiger partial charge in [0.25, 0.3) is 11.8 Å². The zero-order chi connectivity index (χ0) is 18.9. The van der Waals surface area contributed by atoms with Crippen molar-refractivity contribution in [1.82, 2.24) is 5.32 Å². The first-order chi connectivity index (χ1) is 12.2. The molecule has 2 aromatic rings. The highest BCUT2D eigenvalue weighted by Gasteiger charge is 2.19. The first-order valence-electron chi connectivity index (χ1n) is 8.72. The third-order valence-electron chi connectivity index (χ3n) is 4.50. The number of ether oxygens (including phenoxy) is 1. The summed E-state index contributed by atoms with van der Waals surface area (Å²) in [5, 5.41) is 5.72. The van der Waals surface area contributed by atoms with Gasteiger partial charge in [-0.15, -0.1) is 0 Å². The Kier molecular flexibility index (Phi) is 4.72. The van der Waals surface area contributed by atoms with Gasteiger partial charge in [0, 0.05) is 5.56 Å². The molecule has 136 valence electrons. The smallest absolute Gasteiger partial charge is 0.262 e.